The third-order valence-electron chi connectivity index (χ3n) is 3.32. The summed E-state index contributed by atoms with van der Waals surface area (Å²) >= 11 is 0. The van der Waals surface area contributed by atoms with E-state index in [0.717, 1.165) is 5.69 Å². The summed E-state index contributed by atoms with van der Waals surface area (Å²) < 4.78 is 7.40. The highest BCUT2D eigenvalue weighted by Gasteiger charge is 2.19. The zero-order valence-electron chi connectivity index (χ0n) is 11.7. The molecule has 1 unspecified atom stereocenters. The molecule has 1 atom stereocenters. The lowest BCUT2D eigenvalue weighted by Crippen LogP contribution is -2.61. The van der Waals surface area contributed by atoms with Crippen LogP contribution in [0.5, 0.6) is 0 Å². The summed E-state index contributed by atoms with van der Waals surface area (Å²) in [5, 5.41) is 0. The molecule has 0 aliphatic heterocycles. The van der Waals surface area contributed by atoms with Gasteiger partial charge in [-0.25, -0.2) is 4.79 Å². The van der Waals surface area contributed by atoms with Crippen LogP contribution < -0.4 is 26.7 Å². The van der Waals surface area contributed by atoms with Gasteiger partial charge in [0.15, 0.2) is 5.42 Å². The van der Waals surface area contributed by atoms with E-state index in [0.29, 0.717) is 17.7 Å². The molecule has 0 fully saturated rings. The fraction of sp³-hybridized carbons (Fsp3) is 0.188. The average molecular weight is 282 g/mol. The lowest BCUT2D eigenvalue weighted by atomic mass is 10.1. The highest BCUT2D eigenvalue weighted by molar-refractivity contribution is 5.53. The zero-order valence-corrected chi connectivity index (χ0v) is 11.7. The molecule has 2 heterocycles. The predicted molar refractivity (Wildman–Crippen MR) is 79.4 cm³/mol. The van der Waals surface area contributed by atoms with E-state index in [1.54, 1.807) is 22.9 Å². The molecule has 0 radical (unpaired) electrons. The first kappa shape index (κ1) is 13.5. The third kappa shape index (κ3) is 2.55. The molecule has 5 heteroatoms. The Morgan fingerprint density at radius 2 is 2.33 bits per heavy atom. The maximum absolute atomic E-state index is 12.5. The first-order chi connectivity index (χ1) is 10.2. The van der Waals surface area contributed by atoms with Crippen molar-refractivity contribution in [2.45, 2.75) is 19.5 Å². The van der Waals surface area contributed by atoms with Crippen molar-refractivity contribution in [1.82, 2.24) is 4.98 Å². The Bertz CT molecular complexity index is 867. The van der Waals surface area contributed by atoms with Crippen molar-refractivity contribution in [1.29, 1.82) is 0 Å². The molecule has 106 valence electrons. The van der Waals surface area contributed by atoms with Gasteiger partial charge in [-0.1, -0.05) is 12.1 Å². The Morgan fingerprint density at radius 1 is 1.48 bits per heavy atom. The van der Waals surface area contributed by atoms with Crippen molar-refractivity contribution in [3.63, 3.8) is 0 Å². The molecule has 21 heavy (non-hydrogen) atoms. The molecule has 0 bridgehead atoms. The number of hydrogen-bond donors (Lipinski definition) is 1. The van der Waals surface area contributed by atoms with E-state index in [1.165, 1.54) is 0 Å². The third-order valence-corrected chi connectivity index (χ3v) is 3.32. The van der Waals surface area contributed by atoms with Gasteiger partial charge in [0.05, 0.1) is 5.69 Å². The summed E-state index contributed by atoms with van der Waals surface area (Å²) in [4.78, 5) is 16.7. The molecule has 2 N–H and O–H groups in total. The molecule has 0 saturated carbocycles. The molecular weight excluding hydrogens is 266 g/mol. The number of rotatable bonds is 2. The van der Waals surface area contributed by atoms with Crippen LogP contribution in [0.4, 0.5) is 0 Å². The fourth-order valence-electron chi connectivity index (χ4n) is 2.31. The van der Waals surface area contributed by atoms with Crippen molar-refractivity contribution in [2.24, 2.45) is 5.73 Å². The highest BCUT2D eigenvalue weighted by atomic mass is 16.3. The zero-order chi connectivity index (χ0) is 14.8. The second-order valence-corrected chi connectivity index (χ2v) is 4.77. The van der Waals surface area contributed by atoms with E-state index in [-0.39, 0.29) is 17.0 Å². The van der Waals surface area contributed by atoms with Crippen LogP contribution in [0, 0.1) is 0 Å². The van der Waals surface area contributed by atoms with Gasteiger partial charge in [-0.05, 0) is 25.1 Å². The molecule has 5 nitrogen and oxygen atoms in total. The molecule has 0 saturated heterocycles. The molecule has 0 aromatic carbocycles. The smallest absolute Gasteiger partial charge is 0.440 e. The summed E-state index contributed by atoms with van der Waals surface area (Å²) in [5.41, 5.74) is 8.00. The second kappa shape index (κ2) is 5.46. The molecule has 0 spiro atoms. The minimum Gasteiger partial charge on any atom is -0.440 e. The molecule has 2 aromatic rings. The first-order valence-corrected chi connectivity index (χ1v) is 6.84. The summed E-state index contributed by atoms with van der Waals surface area (Å²) in [6.45, 7) is 2.49. The maximum Gasteiger partial charge on any atom is 0.455 e. The average Bonchev–Trinajstić information content (AvgIpc) is 2.49. The second-order valence-electron chi connectivity index (χ2n) is 4.77. The number of hydrogen-bond acceptors (Lipinski definition) is 4. The predicted octanol–water partition coefficient (Wildman–Crippen LogP) is -0.694. The van der Waals surface area contributed by atoms with Crippen LogP contribution in [0.2, 0.25) is 0 Å². The van der Waals surface area contributed by atoms with Crippen LogP contribution in [0.15, 0.2) is 39.7 Å². The molecular formula is C16H16N3O2+. The van der Waals surface area contributed by atoms with E-state index in [9.17, 15) is 4.79 Å². The summed E-state index contributed by atoms with van der Waals surface area (Å²) in [6, 6.07) is 5.30. The number of nitrogens with two attached hydrogens (primary N) is 1. The Labute approximate surface area is 121 Å². The monoisotopic (exact) mass is 282 g/mol. The summed E-state index contributed by atoms with van der Waals surface area (Å²) in [7, 11) is 0. The molecule has 1 aliphatic rings. The number of nitrogens with zero attached hydrogens (tertiary/aromatic N) is 2. The highest BCUT2D eigenvalue weighted by Crippen LogP contribution is 1.97. The minimum absolute atomic E-state index is 0.171. The summed E-state index contributed by atoms with van der Waals surface area (Å²) in [5.74, 6) is 0. The Hall–Kier alpha value is -2.53. The van der Waals surface area contributed by atoms with Crippen molar-refractivity contribution in [2.75, 3.05) is 0 Å². The lowest BCUT2D eigenvalue weighted by Gasteiger charge is -2.05. The van der Waals surface area contributed by atoms with Gasteiger partial charge in [0.1, 0.15) is 6.54 Å². The summed E-state index contributed by atoms with van der Waals surface area (Å²) in [6.07, 6.45) is 8.79. The normalized spacial score (nSPS) is 17.4. The van der Waals surface area contributed by atoms with Crippen LogP contribution in [0.3, 0.4) is 0 Å². The van der Waals surface area contributed by atoms with Gasteiger partial charge in [-0.15, -0.1) is 0 Å². The van der Waals surface area contributed by atoms with E-state index in [2.05, 4.69) is 4.98 Å². The molecule has 0 amide bonds. The topological polar surface area (TPSA) is 73.0 Å². The SMILES string of the molecule is CC[n+]1c2c(o/c(=C/c3ccccn3)c1=O)=CC(N)C=C2. The standard InChI is InChI=1S/C16H16N3O2/c1-2-19-13-7-6-11(17)9-14(13)21-15(16(19)20)10-12-5-3-4-8-18-12/h3-11H,2,17H2,1H3/q+1/b15-10+. The van der Waals surface area contributed by atoms with Crippen LogP contribution in [0.1, 0.15) is 18.3 Å². The van der Waals surface area contributed by atoms with Gasteiger partial charge in [-0.3, -0.25) is 4.98 Å². The van der Waals surface area contributed by atoms with Gasteiger partial charge < -0.3 is 10.2 Å². The van der Waals surface area contributed by atoms with Gasteiger partial charge >= 0.3 is 5.56 Å². The van der Waals surface area contributed by atoms with Crippen molar-refractivity contribution >= 4 is 18.2 Å². The fourth-order valence-corrected chi connectivity index (χ4v) is 2.31. The number of pyridine rings is 1. The van der Waals surface area contributed by atoms with E-state index < -0.39 is 0 Å². The van der Waals surface area contributed by atoms with Crippen LogP contribution in [-0.2, 0) is 6.54 Å². The van der Waals surface area contributed by atoms with E-state index in [4.69, 9.17) is 10.2 Å². The molecule has 2 aromatic heterocycles. The molecule has 1 aliphatic carbocycles. The van der Waals surface area contributed by atoms with Crippen molar-refractivity contribution in [3.05, 3.63) is 63.0 Å². The van der Waals surface area contributed by atoms with Gasteiger partial charge in [-0.2, -0.15) is 4.57 Å². The van der Waals surface area contributed by atoms with Crippen LogP contribution in [0.25, 0.3) is 18.2 Å². The van der Waals surface area contributed by atoms with Crippen LogP contribution in [-0.4, -0.2) is 11.0 Å². The minimum atomic E-state index is -0.202. The van der Waals surface area contributed by atoms with E-state index >= 15 is 0 Å². The number of fused-ring (bicyclic) bond motifs is 1. The first-order valence-electron chi connectivity index (χ1n) is 6.84. The molecule has 3 rings (SSSR count). The van der Waals surface area contributed by atoms with Crippen LogP contribution >= 0.6 is 0 Å². The van der Waals surface area contributed by atoms with Crippen molar-refractivity contribution < 1.29 is 8.98 Å². The van der Waals surface area contributed by atoms with E-state index in [1.807, 2.05) is 37.3 Å². The largest absolute Gasteiger partial charge is 0.455 e. The van der Waals surface area contributed by atoms with Gasteiger partial charge in [0.2, 0.25) is 5.42 Å². The Balaban J connectivity index is 2.32. The Morgan fingerprint density at radius 3 is 3.05 bits per heavy atom. The Kier molecular flexibility index (Phi) is 3.50. The van der Waals surface area contributed by atoms with Gasteiger partial charge in [0.25, 0.3) is 5.69 Å². The van der Waals surface area contributed by atoms with Gasteiger partial charge in [0, 0.05) is 24.4 Å². The quantitative estimate of drug-likeness (QED) is 0.740. The lowest BCUT2D eigenvalue weighted by molar-refractivity contribution is -0.712. The maximum atomic E-state index is 12.5. The number of aromatic nitrogens is 2. The van der Waals surface area contributed by atoms with Crippen molar-refractivity contribution in [3.8, 4) is 0 Å².